The molecule has 2 heterocycles. The minimum Gasteiger partial charge on any atom is -0.481 e. The van der Waals surface area contributed by atoms with Crippen LogP contribution >= 0.6 is 0 Å². The second-order valence-electron chi connectivity index (χ2n) is 8.42. The van der Waals surface area contributed by atoms with E-state index in [1.54, 1.807) is 25.2 Å². The number of aryl methyl sites for hydroxylation is 1. The van der Waals surface area contributed by atoms with Crippen LogP contribution in [0.15, 0.2) is 29.3 Å². The van der Waals surface area contributed by atoms with Gasteiger partial charge in [0.25, 0.3) is 11.5 Å². The monoisotopic (exact) mass is 397 g/mol. The molecule has 1 saturated heterocycles. The van der Waals surface area contributed by atoms with E-state index in [4.69, 9.17) is 0 Å². The molecule has 2 unspecified atom stereocenters. The zero-order valence-electron chi connectivity index (χ0n) is 16.7. The topological polar surface area (TPSA) is 92.5 Å². The van der Waals surface area contributed by atoms with Crippen molar-refractivity contribution in [2.24, 2.45) is 24.8 Å². The number of carboxylic acid groups (broad SMARTS) is 1. The lowest BCUT2D eigenvalue weighted by molar-refractivity contribution is -0.146. The first-order valence-corrected chi connectivity index (χ1v) is 10.4. The average molecular weight is 397 g/mol. The van der Waals surface area contributed by atoms with E-state index in [-0.39, 0.29) is 23.3 Å². The molecule has 1 aromatic carbocycles. The predicted octanol–water partition coefficient (Wildman–Crippen LogP) is 2.68. The number of benzene rings is 1. The Morgan fingerprint density at radius 3 is 2.55 bits per heavy atom. The molecule has 0 spiro atoms. The van der Waals surface area contributed by atoms with Crippen LogP contribution in [-0.2, 0) is 11.8 Å². The molecule has 1 amide bonds. The zero-order chi connectivity index (χ0) is 20.5. The third-order valence-corrected chi connectivity index (χ3v) is 6.73. The summed E-state index contributed by atoms with van der Waals surface area (Å²) in [6.45, 7) is 1.27. The molecule has 154 valence electrons. The van der Waals surface area contributed by atoms with E-state index >= 15 is 0 Å². The van der Waals surface area contributed by atoms with E-state index in [2.05, 4.69) is 4.98 Å². The zero-order valence-corrected chi connectivity index (χ0v) is 16.7. The number of amides is 1. The van der Waals surface area contributed by atoms with E-state index in [1.165, 1.54) is 10.9 Å². The molecule has 1 aromatic heterocycles. The van der Waals surface area contributed by atoms with Crippen LogP contribution in [0.2, 0.25) is 0 Å². The van der Waals surface area contributed by atoms with Gasteiger partial charge in [-0.3, -0.25) is 14.4 Å². The van der Waals surface area contributed by atoms with Crippen LogP contribution in [0.3, 0.4) is 0 Å². The van der Waals surface area contributed by atoms with Crippen molar-refractivity contribution in [3.8, 4) is 0 Å². The number of aliphatic carboxylic acids is 1. The number of nitrogens with zero attached hydrogens (tertiary/aromatic N) is 3. The Morgan fingerprint density at radius 2 is 1.83 bits per heavy atom. The Bertz CT molecular complexity index is 991. The number of carboxylic acids is 1. The fourth-order valence-corrected chi connectivity index (χ4v) is 5.09. The largest absolute Gasteiger partial charge is 0.481 e. The molecule has 2 aliphatic rings. The molecule has 2 fully saturated rings. The van der Waals surface area contributed by atoms with E-state index in [9.17, 15) is 19.5 Å². The first-order valence-electron chi connectivity index (χ1n) is 10.4. The summed E-state index contributed by atoms with van der Waals surface area (Å²) in [5.41, 5.74) is 0.919. The Morgan fingerprint density at radius 1 is 1.10 bits per heavy atom. The Hall–Kier alpha value is -2.70. The van der Waals surface area contributed by atoms with Crippen LogP contribution in [0.4, 0.5) is 0 Å². The molecule has 4 rings (SSSR count). The number of hydrogen-bond donors (Lipinski definition) is 1. The molecular formula is C22H27N3O4. The highest BCUT2D eigenvalue weighted by molar-refractivity contribution is 5.97. The third kappa shape index (κ3) is 3.78. The van der Waals surface area contributed by atoms with Gasteiger partial charge in [-0.05, 0) is 55.7 Å². The standard InChI is InChI=1S/C22H27N3O4/c1-24-13-23-19-7-6-15(12-18(19)21(24)27)20(26)25-10-8-14(9-11-25)16-4-2-3-5-17(16)22(28)29/h6-7,12-14,16-17H,2-5,8-11H2,1H3,(H,28,29). The maximum absolute atomic E-state index is 13.0. The molecule has 0 bridgehead atoms. The van der Waals surface area contributed by atoms with Gasteiger partial charge in [0, 0.05) is 25.7 Å². The summed E-state index contributed by atoms with van der Waals surface area (Å²) in [7, 11) is 1.64. The van der Waals surface area contributed by atoms with E-state index in [1.807, 2.05) is 4.90 Å². The van der Waals surface area contributed by atoms with Crippen molar-refractivity contribution in [2.45, 2.75) is 38.5 Å². The Kier molecular flexibility index (Phi) is 5.39. The lowest BCUT2D eigenvalue weighted by Gasteiger charge is -2.40. The highest BCUT2D eigenvalue weighted by atomic mass is 16.4. The molecule has 7 heteroatoms. The third-order valence-electron chi connectivity index (χ3n) is 6.73. The van der Waals surface area contributed by atoms with Gasteiger partial charge >= 0.3 is 5.97 Å². The van der Waals surface area contributed by atoms with Gasteiger partial charge < -0.3 is 14.6 Å². The van der Waals surface area contributed by atoms with Crippen LogP contribution in [0.5, 0.6) is 0 Å². The molecular weight excluding hydrogens is 370 g/mol. The summed E-state index contributed by atoms with van der Waals surface area (Å²) < 4.78 is 1.41. The summed E-state index contributed by atoms with van der Waals surface area (Å²) in [4.78, 5) is 43.0. The lowest BCUT2D eigenvalue weighted by Crippen LogP contribution is -2.42. The second-order valence-corrected chi connectivity index (χ2v) is 8.42. The highest BCUT2D eigenvalue weighted by Crippen LogP contribution is 2.40. The minimum absolute atomic E-state index is 0.0744. The van der Waals surface area contributed by atoms with Crippen molar-refractivity contribution in [3.05, 3.63) is 40.4 Å². The van der Waals surface area contributed by atoms with Gasteiger partial charge in [0.1, 0.15) is 0 Å². The predicted molar refractivity (Wildman–Crippen MR) is 109 cm³/mol. The maximum atomic E-state index is 13.0. The Balaban J connectivity index is 1.46. The fraction of sp³-hybridized carbons (Fsp3) is 0.545. The summed E-state index contributed by atoms with van der Waals surface area (Å²) in [5, 5.41) is 10.0. The molecule has 1 N–H and O–H groups in total. The van der Waals surface area contributed by atoms with Gasteiger partial charge in [-0.1, -0.05) is 12.8 Å². The minimum atomic E-state index is -0.667. The molecule has 1 aliphatic heterocycles. The normalized spacial score (nSPS) is 23.3. The molecule has 0 radical (unpaired) electrons. The van der Waals surface area contributed by atoms with Gasteiger partial charge in [0.05, 0.1) is 23.1 Å². The molecule has 1 saturated carbocycles. The van der Waals surface area contributed by atoms with Crippen LogP contribution < -0.4 is 5.56 Å². The van der Waals surface area contributed by atoms with E-state index in [0.29, 0.717) is 35.5 Å². The molecule has 1 aliphatic carbocycles. The van der Waals surface area contributed by atoms with Crippen molar-refractivity contribution in [1.82, 2.24) is 14.5 Å². The van der Waals surface area contributed by atoms with Gasteiger partial charge in [0.2, 0.25) is 0 Å². The van der Waals surface area contributed by atoms with E-state index < -0.39 is 5.97 Å². The molecule has 2 atom stereocenters. The van der Waals surface area contributed by atoms with Crippen LogP contribution in [0.25, 0.3) is 10.9 Å². The molecule has 29 heavy (non-hydrogen) atoms. The number of carbonyl (C=O) groups excluding carboxylic acids is 1. The molecule has 7 nitrogen and oxygen atoms in total. The lowest BCUT2D eigenvalue weighted by atomic mass is 9.69. The van der Waals surface area contributed by atoms with Crippen LogP contribution in [-0.4, -0.2) is 44.5 Å². The van der Waals surface area contributed by atoms with Crippen molar-refractivity contribution < 1.29 is 14.7 Å². The number of piperidine rings is 1. The van der Waals surface area contributed by atoms with Crippen LogP contribution in [0, 0.1) is 17.8 Å². The van der Waals surface area contributed by atoms with Crippen molar-refractivity contribution in [1.29, 1.82) is 0 Å². The Labute approximate surface area is 169 Å². The first kappa shape index (κ1) is 19.6. The molecule has 2 aromatic rings. The van der Waals surface area contributed by atoms with E-state index in [0.717, 1.165) is 38.5 Å². The second kappa shape index (κ2) is 7.97. The summed E-state index contributed by atoms with van der Waals surface area (Å²) >= 11 is 0. The smallest absolute Gasteiger partial charge is 0.306 e. The number of aromatic nitrogens is 2. The summed E-state index contributed by atoms with van der Waals surface area (Å²) in [5.74, 6) is -0.378. The van der Waals surface area contributed by atoms with Crippen molar-refractivity contribution in [2.75, 3.05) is 13.1 Å². The quantitative estimate of drug-likeness (QED) is 0.860. The van der Waals surface area contributed by atoms with Gasteiger partial charge in [-0.2, -0.15) is 0 Å². The van der Waals surface area contributed by atoms with Gasteiger partial charge in [-0.15, -0.1) is 0 Å². The summed E-state index contributed by atoms with van der Waals surface area (Å²) in [6.07, 6.45) is 7.03. The number of carbonyl (C=O) groups is 2. The van der Waals surface area contributed by atoms with Crippen molar-refractivity contribution >= 4 is 22.8 Å². The SMILES string of the molecule is Cn1cnc2ccc(C(=O)N3CCC(C4CCCCC4C(=O)O)CC3)cc2c1=O. The highest BCUT2D eigenvalue weighted by Gasteiger charge is 2.38. The number of likely N-dealkylation sites (tertiary alicyclic amines) is 1. The number of rotatable bonds is 3. The van der Waals surface area contributed by atoms with Gasteiger partial charge in [0.15, 0.2) is 0 Å². The van der Waals surface area contributed by atoms with Gasteiger partial charge in [-0.25, -0.2) is 4.98 Å². The number of hydrogen-bond acceptors (Lipinski definition) is 4. The maximum Gasteiger partial charge on any atom is 0.306 e. The van der Waals surface area contributed by atoms with Crippen LogP contribution in [0.1, 0.15) is 48.9 Å². The average Bonchev–Trinajstić information content (AvgIpc) is 2.76. The van der Waals surface area contributed by atoms with Crippen molar-refractivity contribution in [3.63, 3.8) is 0 Å². The first-order chi connectivity index (χ1) is 14.0. The fourth-order valence-electron chi connectivity index (χ4n) is 5.09. The number of fused-ring (bicyclic) bond motifs is 1. The summed E-state index contributed by atoms with van der Waals surface area (Å²) in [6, 6.07) is 5.08.